The van der Waals surface area contributed by atoms with Crippen LogP contribution < -0.4 is 5.43 Å². The minimum Gasteiger partial charge on any atom is -0.502 e. The van der Waals surface area contributed by atoms with E-state index in [0.29, 0.717) is 4.47 Å². The molecule has 0 saturated heterocycles. The Morgan fingerprint density at radius 1 is 1.33 bits per heavy atom. The van der Waals surface area contributed by atoms with Gasteiger partial charge in [-0.25, -0.2) is 5.43 Å². The maximum atomic E-state index is 12.7. The zero-order chi connectivity index (χ0) is 20.2. The molecule has 0 aliphatic rings. The number of amides is 1. The van der Waals surface area contributed by atoms with Gasteiger partial charge in [-0.05, 0) is 17.7 Å². The summed E-state index contributed by atoms with van der Waals surface area (Å²) in [4.78, 5) is 21.9. The Balaban J connectivity index is 2.07. The number of nitrogens with zero attached hydrogens (tertiary/aromatic N) is 2. The molecule has 0 aromatic heterocycles. The van der Waals surface area contributed by atoms with Crippen molar-refractivity contribution in [3.8, 4) is 5.75 Å². The molecular formula is C16H11BrF3N3O4. The minimum absolute atomic E-state index is 0.0320. The quantitative estimate of drug-likeness (QED) is 0.415. The van der Waals surface area contributed by atoms with Gasteiger partial charge in [0.05, 0.1) is 23.1 Å². The first-order chi connectivity index (χ1) is 12.6. The average Bonchev–Trinajstić information content (AvgIpc) is 2.56. The number of carbonyl (C=O) groups excluding carboxylic acids is 1. The van der Waals surface area contributed by atoms with E-state index in [0.717, 1.165) is 24.4 Å². The number of rotatable bonds is 5. The fourth-order valence-electron chi connectivity index (χ4n) is 2.10. The van der Waals surface area contributed by atoms with E-state index in [4.69, 9.17) is 0 Å². The maximum absolute atomic E-state index is 12.7. The first kappa shape index (κ1) is 20.4. The summed E-state index contributed by atoms with van der Waals surface area (Å²) < 4.78 is 38.3. The van der Waals surface area contributed by atoms with Crippen molar-refractivity contribution < 1.29 is 28.0 Å². The number of nitro benzene ring substituents is 1. The number of hydrazone groups is 1. The highest BCUT2D eigenvalue weighted by Crippen LogP contribution is 2.32. The molecule has 0 saturated carbocycles. The molecule has 0 bridgehead atoms. The Labute approximate surface area is 158 Å². The number of alkyl halides is 3. The second kappa shape index (κ2) is 8.16. The van der Waals surface area contributed by atoms with Gasteiger partial charge < -0.3 is 5.11 Å². The Morgan fingerprint density at radius 2 is 2.04 bits per heavy atom. The molecule has 2 aromatic carbocycles. The van der Waals surface area contributed by atoms with Gasteiger partial charge in [-0.3, -0.25) is 14.9 Å². The molecule has 0 atom stereocenters. The number of benzene rings is 2. The van der Waals surface area contributed by atoms with Gasteiger partial charge in [-0.1, -0.05) is 34.1 Å². The van der Waals surface area contributed by atoms with Crippen LogP contribution >= 0.6 is 15.9 Å². The lowest BCUT2D eigenvalue weighted by molar-refractivity contribution is -0.385. The Bertz CT molecular complexity index is 916. The van der Waals surface area contributed by atoms with Crippen molar-refractivity contribution >= 4 is 33.7 Å². The summed E-state index contributed by atoms with van der Waals surface area (Å²) in [7, 11) is 0. The summed E-state index contributed by atoms with van der Waals surface area (Å²) in [5.74, 6) is -1.34. The number of nitro groups is 1. The highest BCUT2D eigenvalue weighted by Gasteiger charge is 2.30. The Hall–Kier alpha value is -2.95. The summed E-state index contributed by atoms with van der Waals surface area (Å²) in [6, 6.07) is 6.73. The van der Waals surface area contributed by atoms with Crippen LogP contribution in [0.1, 0.15) is 16.7 Å². The molecule has 0 aliphatic carbocycles. The third kappa shape index (κ3) is 5.51. The first-order valence-corrected chi connectivity index (χ1v) is 8.02. The molecule has 0 radical (unpaired) electrons. The van der Waals surface area contributed by atoms with Crippen LogP contribution in [0.15, 0.2) is 46.0 Å². The molecule has 2 aromatic rings. The van der Waals surface area contributed by atoms with Crippen molar-refractivity contribution in [2.24, 2.45) is 5.10 Å². The number of carbonyl (C=O) groups is 1. The van der Waals surface area contributed by atoms with E-state index < -0.39 is 34.0 Å². The number of phenols is 1. The van der Waals surface area contributed by atoms with Gasteiger partial charge in [0.2, 0.25) is 11.7 Å². The molecule has 7 nitrogen and oxygen atoms in total. The number of nitrogens with one attached hydrogen (secondary N) is 1. The molecule has 0 spiro atoms. The summed E-state index contributed by atoms with van der Waals surface area (Å²) in [5, 5.41) is 24.2. The number of halogens is 4. The van der Waals surface area contributed by atoms with Gasteiger partial charge in [0.1, 0.15) is 0 Å². The van der Waals surface area contributed by atoms with Crippen molar-refractivity contribution in [1.82, 2.24) is 5.43 Å². The van der Waals surface area contributed by atoms with Gasteiger partial charge in [0.25, 0.3) is 0 Å². The predicted molar refractivity (Wildman–Crippen MR) is 93.3 cm³/mol. The van der Waals surface area contributed by atoms with Crippen molar-refractivity contribution in [2.75, 3.05) is 0 Å². The van der Waals surface area contributed by atoms with Crippen molar-refractivity contribution in [3.63, 3.8) is 0 Å². The van der Waals surface area contributed by atoms with Gasteiger partial charge in [-0.2, -0.15) is 18.3 Å². The van der Waals surface area contributed by atoms with Gasteiger partial charge in [0.15, 0.2) is 0 Å². The standard InChI is InChI=1S/C16H11BrF3N3O4/c17-12-6-10(15(25)13(7-12)23(26)27)8-21-22-14(24)5-9-2-1-3-11(4-9)16(18,19)20/h1-4,6-8,25H,5H2,(H,22,24)/b21-8+. The summed E-state index contributed by atoms with van der Waals surface area (Å²) >= 11 is 3.05. The van der Waals surface area contributed by atoms with E-state index in [-0.39, 0.29) is 17.5 Å². The molecule has 0 heterocycles. The molecule has 11 heteroatoms. The zero-order valence-electron chi connectivity index (χ0n) is 13.3. The molecule has 0 aliphatic heterocycles. The minimum atomic E-state index is -4.52. The summed E-state index contributed by atoms with van der Waals surface area (Å²) in [6.07, 6.45) is -3.89. The van der Waals surface area contributed by atoms with Crippen LogP contribution in [0.25, 0.3) is 0 Å². The largest absolute Gasteiger partial charge is 0.502 e. The second-order valence-electron chi connectivity index (χ2n) is 5.29. The third-order valence-electron chi connectivity index (χ3n) is 3.29. The van der Waals surface area contributed by atoms with E-state index in [1.807, 2.05) is 0 Å². The summed E-state index contributed by atoms with van der Waals surface area (Å²) in [6.45, 7) is 0. The van der Waals surface area contributed by atoms with Crippen LogP contribution in [0.2, 0.25) is 0 Å². The molecule has 0 unspecified atom stereocenters. The second-order valence-corrected chi connectivity index (χ2v) is 6.20. The molecule has 142 valence electrons. The normalized spacial score (nSPS) is 11.6. The topological polar surface area (TPSA) is 105 Å². The Kier molecular flexibility index (Phi) is 6.16. The SMILES string of the molecule is O=C(Cc1cccc(C(F)(F)F)c1)N/N=C/c1cc(Br)cc([N+](=O)[O-])c1O. The van der Waals surface area contributed by atoms with Gasteiger partial charge in [-0.15, -0.1) is 0 Å². The lowest BCUT2D eigenvalue weighted by Gasteiger charge is -2.08. The van der Waals surface area contributed by atoms with E-state index in [1.54, 1.807) is 0 Å². The van der Waals surface area contributed by atoms with Gasteiger partial charge >= 0.3 is 11.9 Å². The monoisotopic (exact) mass is 445 g/mol. The molecule has 2 N–H and O–H groups in total. The van der Waals surface area contributed by atoms with Crippen molar-refractivity contribution in [2.45, 2.75) is 12.6 Å². The van der Waals surface area contributed by atoms with E-state index >= 15 is 0 Å². The first-order valence-electron chi connectivity index (χ1n) is 7.23. The lowest BCUT2D eigenvalue weighted by Crippen LogP contribution is -2.20. The number of phenolic OH excluding ortho intramolecular Hbond substituents is 1. The fourth-order valence-corrected chi connectivity index (χ4v) is 2.56. The predicted octanol–water partition coefficient (Wildman–Crippen LogP) is 3.77. The highest BCUT2D eigenvalue weighted by atomic mass is 79.9. The maximum Gasteiger partial charge on any atom is 0.416 e. The molecule has 27 heavy (non-hydrogen) atoms. The van der Waals surface area contributed by atoms with Crippen molar-refractivity contribution in [3.05, 3.63) is 67.7 Å². The number of hydrogen-bond acceptors (Lipinski definition) is 5. The van der Waals surface area contributed by atoms with Crippen LogP contribution in [0.3, 0.4) is 0 Å². The van der Waals surface area contributed by atoms with Crippen LogP contribution in [0.4, 0.5) is 18.9 Å². The fraction of sp³-hybridized carbons (Fsp3) is 0.125. The molecular weight excluding hydrogens is 435 g/mol. The van der Waals surface area contributed by atoms with Crippen LogP contribution in [-0.4, -0.2) is 22.2 Å². The molecule has 0 fully saturated rings. The van der Waals surface area contributed by atoms with Crippen molar-refractivity contribution in [1.29, 1.82) is 0 Å². The third-order valence-corrected chi connectivity index (χ3v) is 3.75. The van der Waals surface area contributed by atoms with Crippen LogP contribution in [0, 0.1) is 10.1 Å². The van der Waals surface area contributed by atoms with Crippen LogP contribution in [0.5, 0.6) is 5.75 Å². The lowest BCUT2D eigenvalue weighted by atomic mass is 10.1. The zero-order valence-corrected chi connectivity index (χ0v) is 14.9. The van der Waals surface area contributed by atoms with E-state index in [9.17, 15) is 33.2 Å². The molecule has 1 amide bonds. The summed E-state index contributed by atoms with van der Waals surface area (Å²) in [5.41, 5.74) is 0.765. The Morgan fingerprint density at radius 3 is 2.67 bits per heavy atom. The molecule has 2 rings (SSSR count). The average molecular weight is 446 g/mol. The van der Waals surface area contributed by atoms with Gasteiger partial charge in [0, 0.05) is 16.1 Å². The van der Waals surface area contributed by atoms with Crippen LogP contribution in [-0.2, 0) is 17.4 Å². The highest BCUT2D eigenvalue weighted by molar-refractivity contribution is 9.10. The van der Waals surface area contributed by atoms with E-state index in [2.05, 4.69) is 26.5 Å². The number of aromatic hydroxyl groups is 1. The smallest absolute Gasteiger partial charge is 0.416 e. The number of hydrogen-bond donors (Lipinski definition) is 2. The van der Waals surface area contributed by atoms with E-state index in [1.165, 1.54) is 18.2 Å².